The lowest BCUT2D eigenvalue weighted by Crippen LogP contribution is -2.32. The Kier molecular flexibility index (Phi) is 6.98. The molecule has 2 amide bonds. The van der Waals surface area contributed by atoms with Gasteiger partial charge in [-0.25, -0.2) is 14.3 Å². The zero-order valence-electron chi connectivity index (χ0n) is 19.5. The minimum Gasteiger partial charge on any atom is -0.496 e. The van der Waals surface area contributed by atoms with Crippen LogP contribution in [0.1, 0.15) is 36.8 Å². The second-order valence-corrected chi connectivity index (χ2v) is 8.86. The number of esters is 1. The van der Waals surface area contributed by atoms with E-state index in [2.05, 4.69) is 26.1 Å². The summed E-state index contributed by atoms with van der Waals surface area (Å²) >= 11 is 6.19. The molecule has 0 saturated heterocycles. The summed E-state index contributed by atoms with van der Waals surface area (Å²) in [5.41, 5.74) is 2.05. The molecule has 0 aliphatic rings. The van der Waals surface area contributed by atoms with Gasteiger partial charge in [-0.05, 0) is 30.3 Å². The van der Waals surface area contributed by atoms with Gasteiger partial charge < -0.3 is 14.8 Å². The molecule has 0 radical (unpaired) electrons. The first-order valence-electron chi connectivity index (χ1n) is 10.2. The van der Waals surface area contributed by atoms with Crippen molar-refractivity contribution in [3.63, 3.8) is 0 Å². The number of halogens is 1. The van der Waals surface area contributed by atoms with Gasteiger partial charge in [0, 0.05) is 35.3 Å². The Bertz CT molecular complexity index is 1180. The van der Waals surface area contributed by atoms with Crippen LogP contribution >= 0.6 is 11.6 Å². The predicted molar refractivity (Wildman–Crippen MR) is 129 cm³/mol. The lowest BCUT2D eigenvalue weighted by molar-refractivity contribution is 0.0597. The number of methoxy groups -OCH3 is 2. The van der Waals surface area contributed by atoms with Crippen LogP contribution in [0.5, 0.6) is 5.75 Å². The standard InChI is InChI=1S/C24H27ClN4O4/c1-24(2,3)20-14-21(29(27-20)17-9-7-8-15(25)12-17)28(4)23(31)26-16-10-11-18(22(30)33-6)19(13-16)32-5/h7-14H,1-6H3,(H,26,31). The molecule has 0 aliphatic carbocycles. The lowest BCUT2D eigenvalue weighted by atomic mass is 9.92. The maximum atomic E-state index is 13.1. The second-order valence-electron chi connectivity index (χ2n) is 8.43. The Morgan fingerprint density at radius 1 is 1.09 bits per heavy atom. The number of hydrogen-bond acceptors (Lipinski definition) is 5. The summed E-state index contributed by atoms with van der Waals surface area (Å²) in [6.45, 7) is 6.16. The van der Waals surface area contributed by atoms with E-state index in [1.165, 1.54) is 25.2 Å². The van der Waals surface area contributed by atoms with Gasteiger partial charge in [-0.3, -0.25) is 4.90 Å². The zero-order valence-corrected chi connectivity index (χ0v) is 20.2. The Hall–Kier alpha value is -3.52. The first-order chi connectivity index (χ1) is 15.5. The van der Waals surface area contributed by atoms with Crippen molar-refractivity contribution in [3.05, 3.63) is 64.8 Å². The molecule has 174 valence electrons. The number of urea groups is 1. The fourth-order valence-electron chi connectivity index (χ4n) is 3.13. The number of anilines is 2. The van der Waals surface area contributed by atoms with Crippen LogP contribution in [0.25, 0.3) is 5.69 Å². The van der Waals surface area contributed by atoms with Gasteiger partial charge in [0.15, 0.2) is 0 Å². The van der Waals surface area contributed by atoms with Crippen molar-refractivity contribution in [2.45, 2.75) is 26.2 Å². The maximum absolute atomic E-state index is 13.1. The lowest BCUT2D eigenvalue weighted by Gasteiger charge is -2.19. The molecule has 0 atom stereocenters. The highest BCUT2D eigenvalue weighted by Crippen LogP contribution is 2.30. The summed E-state index contributed by atoms with van der Waals surface area (Å²) in [5.74, 6) is 0.334. The van der Waals surface area contributed by atoms with Gasteiger partial charge in [-0.1, -0.05) is 38.4 Å². The third-order valence-corrected chi connectivity index (χ3v) is 5.25. The van der Waals surface area contributed by atoms with Crippen molar-refractivity contribution in [2.75, 3.05) is 31.5 Å². The van der Waals surface area contributed by atoms with Crippen LogP contribution in [-0.2, 0) is 10.2 Å². The average molecular weight is 471 g/mol. The van der Waals surface area contributed by atoms with Gasteiger partial charge in [0.05, 0.1) is 25.6 Å². The molecule has 9 heteroatoms. The predicted octanol–water partition coefficient (Wildman–Crippen LogP) is 5.29. The van der Waals surface area contributed by atoms with Gasteiger partial charge >= 0.3 is 12.0 Å². The molecule has 0 spiro atoms. The summed E-state index contributed by atoms with van der Waals surface area (Å²) in [6, 6.07) is 13.4. The molecule has 33 heavy (non-hydrogen) atoms. The molecule has 8 nitrogen and oxygen atoms in total. The van der Waals surface area contributed by atoms with Crippen molar-refractivity contribution in [1.82, 2.24) is 9.78 Å². The van der Waals surface area contributed by atoms with Crippen LogP contribution in [0.15, 0.2) is 48.5 Å². The summed E-state index contributed by atoms with van der Waals surface area (Å²) in [4.78, 5) is 26.5. The van der Waals surface area contributed by atoms with E-state index in [9.17, 15) is 9.59 Å². The quantitative estimate of drug-likeness (QED) is 0.512. The van der Waals surface area contributed by atoms with E-state index in [4.69, 9.17) is 26.2 Å². The number of aromatic nitrogens is 2. The largest absolute Gasteiger partial charge is 0.496 e. The summed E-state index contributed by atoms with van der Waals surface area (Å²) < 4.78 is 11.7. The first kappa shape index (κ1) is 24.1. The highest BCUT2D eigenvalue weighted by molar-refractivity contribution is 6.30. The van der Waals surface area contributed by atoms with Gasteiger partial charge in [-0.15, -0.1) is 0 Å². The van der Waals surface area contributed by atoms with E-state index in [1.54, 1.807) is 36.0 Å². The number of nitrogens with zero attached hydrogens (tertiary/aromatic N) is 3. The maximum Gasteiger partial charge on any atom is 0.341 e. The van der Waals surface area contributed by atoms with Crippen molar-refractivity contribution in [2.24, 2.45) is 0 Å². The number of benzene rings is 2. The number of nitrogens with one attached hydrogen (secondary N) is 1. The molecule has 3 rings (SSSR count). The van der Waals surface area contributed by atoms with Crippen molar-refractivity contribution in [3.8, 4) is 11.4 Å². The third kappa shape index (κ3) is 5.28. The number of carbonyl (C=O) groups is 2. The van der Waals surface area contributed by atoms with Crippen LogP contribution in [0, 0.1) is 0 Å². The van der Waals surface area contributed by atoms with Crippen molar-refractivity contribution < 1.29 is 19.1 Å². The fraction of sp³-hybridized carbons (Fsp3) is 0.292. The van der Waals surface area contributed by atoms with Crippen LogP contribution < -0.4 is 15.0 Å². The van der Waals surface area contributed by atoms with E-state index >= 15 is 0 Å². The molecule has 0 fully saturated rings. The molecule has 1 aromatic heterocycles. The molecule has 0 aliphatic heterocycles. The highest BCUT2D eigenvalue weighted by atomic mass is 35.5. The Morgan fingerprint density at radius 2 is 1.82 bits per heavy atom. The molecule has 0 bridgehead atoms. The minimum atomic E-state index is -0.526. The van der Waals surface area contributed by atoms with Gasteiger partial charge in [0.25, 0.3) is 0 Å². The number of ether oxygens (including phenoxy) is 2. The monoisotopic (exact) mass is 470 g/mol. The molecular formula is C24H27ClN4O4. The fourth-order valence-corrected chi connectivity index (χ4v) is 3.32. The third-order valence-electron chi connectivity index (χ3n) is 5.02. The molecule has 3 aromatic rings. The van der Waals surface area contributed by atoms with Crippen LogP contribution in [0.3, 0.4) is 0 Å². The number of rotatable bonds is 5. The van der Waals surface area contributed by atoms with Crippen molar-refractivity contribution in [1.29, 1.82) is 0 Å². The topological polar surface area (TPSA) is 85.7 Å². The van der Waals surface area contributed by atoms with E-state index in [-0.39, 0.29) is 11.0 Å². The molecule has 2 aromatic carbocycles. The Labute approximate surface area is 198 Å². The number of hydrogen-bond donors (Lipinski definition) is 1. The van der Waals surface area contributed by atoms with Gasteiger partial charge in [0.1, 0.15) is 17.1 Å². The average Bonchev–Trinajstić information content (AvgIpc) is 3.24. The first-order valence-corrected chi connectivity index (χ1v) is 10.6. The van der Waals surface area contributed by atoms with E-state index in [0.29, 0.717) is 22.3 Å². The smallest absolute Gasteiger partial charge is 0.341 e. The van der Waals surface area contributed by atoms with Gasteiger partial charge in [0.2, 0.25) is 0 Å². The SMILES string of the molecule is COC(=O)c1ccc(NC(=O)N(C)c2cc(C(C)(C)C)nn2-c2cccc(Cl)c2)cc1OC. The summed E-state index contributed by atoms with van der Waals surface area (Å²) in [7, 11) is 4.39. The minimum absolute atomic E-state index is 0.229. The Morgan fingerprint density at radius 3 is 2.42 bits per heavy atom. The van der Waals surface area contributed by atoms with Crippen molar-refractivity contribution >= 4 is 35.1 Å². The molecule has 1 heterocycles. The van der Waals surface area contributed by atoms with Crippen LogP contribution in [-0.4, -0.2) is 43.0 Å². The highest BCUT2D eigenvalue weighted by Gasteiger charge is 2.25. The molecular weight excluding hydrogens is 444 g/mol. The Balaban J connectivity index is 1.94. The molecule has 0 unspecified atom stereocenters. The number of carbonyl (C=O) groups excluding carboxylic acids is 2. The summed E-state index contributed by atoms with van der Waals surface area (Å²) in [6.07, 6.45) is 0. The van der Waals surface area contributed by atoms with E-state index in [1.807, 2.05) is 18.2 Å². The van der Waals surface area contributed by atoms with E-state index in [0.717, 1.165) is 11.4 Å². The number of amides is 2. The molecule has 0 saturated carbocycles. The zero-order chi connectivity index (χ0) is 24.3. The van der Waals surface area contributed by atoms with Crippen LogP contribution in [0.4, 0.5) is 16.3 Å². The second kappa shape index (κ2) is 9.54. The normalized spacial score (nSPS) is 11.1. The van der Waals surface area contributed by atoms with E-state index < -0.39 is 12.0 Å². The van der Waals surface area contributed by atoms with Gasteiger partial charge in [-0.2, -0.15) is 5.10 Å². The summed E-state index contributed by atoms with van der Waals surface area (Å²) in [5, 5.41) is 8.13. The van der Waals surface area contributed by atoms with Crippen LogP contribution in [0.2, 0.25) is 5.02 Å². The molecule has 1 N–H and O–H groups in total.